The van der Waals surface area contributed by atoms with Crippen LogP contribution in [0.1, 0.15) is 16.8 Å². The number of H-pyrrole nitrogens is 1. The Bertz CT molecular complexity index is 1000. The fourth-order valence-corrected chi connectivity index (χ4v) is 2.45. The molecule has 0 fully saturated rings. The molecule has 0 saturated heterocycles. The number of rotatable bonds is 6. The Morgan fingerprint density at radius 3 is 2.56 bits per heavy atom. The molecule has 0 atom stereocenters. The van der Waals surface area contributed by atoms with E-state index in [0.717, 1.165) is 11.3 Å². The van der Waals surface area contributed by atoms with Crippen LogP contribution in [0.5, 0.6) is 5.75 Å². The number of hydrazone groups is 1. The maximum absolute atomic E-state index is 12.5. The fraction of sp³-hybridized carbons (Fsp3) is 0.150. The van der Waals surface area contributed by atoms with E-state index < -0.39 is 5.91 Å². The van der Waals surface area contributed by atoms with Crippen molar-refractivity contribution in [1.82, 2.24) is 15.2 Å². The first-order chi connectivity index (χ1) is 13.0. The van der Waals surface area contributed by atoms with Crippen molar-refractivity contribution in [2.75, 3.05) is 6.61 Å². The van der Waals surface area contributed by atoms with Crippen LogP contribution in [0.3, 0.4) is 0 Å². The number of hydrogen-bond donors (Lipinski definition) is 2. The Hall–Kier alpha value is -3.61. The number of carbonyl (C=O) groups excluding carboxylic acids is 1. The summed E-state index contributed by atoms with van der Waals surface area (Å²) in [5, 5.41) is 6.85. The highest BCUT2D eigenvalue weighted by Gasteiger charge is 2.10. The molecule has 0 radical (unpaired) electrons. The topological polar surface area (TPSA) is 88.5 Å². The molecule has 0 unspecified atom stereocenters. The molecule has 0 aliphatic rings. The predicted molar refractivity (Wildman–Crippen MR) is 104 cm³/mol. The van der Waals surface area contributed by atoms with Gasteiger partial charge in [-0.3, -0.25) is 14.7 Å². The summed E-state index contributed by atoms with van der Waals surface area (Å²) in [4.78, 5) is 24.3. The number of carbonyl (C=O) groups is 1. The summed E-state index contributed by atoms with van der Waals surface area (Å²) in [6.45, 7) is 3.57. The summed E-state index contributed by atoms with van der Waals surface area (Å²) in [5.41, 5.74) is 4.97. The number of aromatic nitrogens is 2. The van der Waals surface area contributed by atoms with Crippen LogP contribution in [0.25, 0.3) is 5.69 Å². The van der Waals surface area contributed by atoms with E-state index in [-0.39, 0.29) is 12.2 Å². The Morgan fingerprint density at radius 2 is 1.85 bits per heavy atom. The molecule has 1 aromatic heterocycles. The monoisotopic (exact) mass is 364 g/mol. The second kappa shape index (κ2) is 8.18. The number of nitrogens with zero attached hydrogens (tertiary/aromatic N) is 2. The van der Waals surface area contributed by atoms with Crippen LogP contribution < -0.4 is 15.7 Å². The number of nitrogens with one attached hydrogen (secondary N) is 2. The van der Waals surface area contributed by atoms with Crippen molar-refractivity contribution in [3.05, 3.63) is 81.8 Å². The van der Waals surface area contributed by atoms with Crippen LogP contribution >= 0.6 is 0 Å². The predicted octanol–water partition coefficient (Wildman–Crippen LogP) is 2.31. The molecule has 0 saturated carbocycles. The third kappa shape index (κ3) is 4.52. The van der Waals surface area contributed by atoms with Crippen molar-refractivity contribution in [1.29, 1.82) is 0 Å². The minimum absolute atomic E-state index is 0.166. The molecule has 0 spiro atoms. The number of hydrogen-bond acceptors (Lipinski definition) is 4. The van der Waals surface area contributed by atoms with Crippen molar-refractivity contribution in [2.45, 2.75) is 13.8 Å². The number of aromatic amines is 1. The van der Waals surface area contributed by atoms with E-state index in [1.807, 2.05) is 49.4 Å². The van der Waals surface area contributed by atoms with Crippen molar-refractivity contribution >= 4 is 12.1 Å². The summed E-state index contributed by atoms with van der Waals surface area (Å²) in [7, 11) is 0. The maximum Gasteiger partial charge on any atom is 0.280 e. The van der Waals surface area contributed by atoms with E-state index in [1.165, 1.54) is 10.9 Å². The minimum Gasteiger partial charge on any atom is -0.484 e. The number of ether oxygens (including phenoxy) is 1. The molecular formula is C20H20N4O3. The Labute approximate surface area is 156 Å². The lowest BCUT2D eigenvalue weighted by Gasteiger charge is -2.04. The standard InChI is InChI=1S/C20H20N4O3/c1-14-8-10-17(11-9-14)27-13-19(25)22-21-12-18-15(2)23-24(20(18)26)16-6-4-3-5-7-16/h3-12,23H,13H2,1-2H3,(H,22,25)/b21-12-. The molecule has 0 aliphatic heterocycles. The zero-order valence-corrected chi connectivity index (χ0v) is 15.1. The molecule has 3 aromatic rings. The first-order valence-corrected chi connectivity index (χ1v) is 8.43. The van der Waals surface area contributed by atoms with Gasteiger partial charge in [0.2, 0.25) is 0 Å². The Balaban J connectivity index is 1.61. The molecular weight excluding hydrogens is 344 g/mol. The number of para-hydroxylation sites is 1. The number of benzene rings is 2. The van der Waals surface area contributed by atoms with Crippen LogP contribution in [0.15, 0.2) is 64.5 Å². The molecule has 3 rings (SSSR count). The highest BCUT2D eigenvalue weighted by atomic mass is 16.5. The molecule has 0 aliphatic carbocycles. The molecule has 1 amide bonds. The van der Waals surface area contributed by atoms with Gasteiger partial charge < -0.3 is 4.74 Å². The van der Waals surface area contributed by atoms with Gasteiger partial charge >= 0.3 is 0 Å². The SMILES string of the molecule is Cc1ccc(OCC(=O)N/N=C\c2c(C)[nH]n(-c3ccccc3)c2=O)cc1. The second-order valence-electron chi connectivity index (χ2n) is 6.02. The van der Waals surface area contributed by atoms with Gasteiger partial charge in [0.25, 0.3) is 11.5 Å². The van der Waals surface area contributed by atoms with Crippen LogP contribution in [-0.2, 0) is 4.79 Å². The lowest BCUT2D eigenvalue weighted by atomic mass is 10.2. The van der Waals surface area contributed by atoms with Gasteiger partial charge in [0.05, 0.1) is 17.5 Å². The van der Waals surface area contributed by atoms with E-state index in [1.54, 1.807) is 19.1 Å². The highest BCUT2D eigenvalue weighted by Crippen LogP contribution is 2.11. The summed E-state index contributed by atoms with van der Waals surface area (Å²) in [6, 6.07) is 16.6. The third-order valence-corrected chi connectivity index (χ3v) is 3.91. The van der Waals surface area contributed by atoms with Gasteiger partial charge in [-0.1, -0.05) is 35.9 Å². The molecule has 2 N–H and O–H groups in total. The first-order valence-electron chi connectivity index (χ1n) is 8.43. The van der Waals surface area contributed by atoms with Gasteiger partial charge in [-0.25, -0.2) is 10.1 Å². The van der Waals surface area contributed by atoms with Crippen LogP contribution in [0.2, 0.25) is 0 Å². The van der Waals surface area contributed by atoms with Crippen LogP contribution in [-0.4, -0.2) is 28.5 Å². The van der Waals surface area contributed by atoms with Crippen LogP contribution in [0.4, 0.5) is 0 Å². The molecule has 2 aromatic carbocycles. The molecule has 0 bridgehead atoms. The smallest absolute Gasteiger partial charge is 0.280 e. The second-order valence-corrected chi connectivity index (χ2v) is 6.02. The molecule has 27 heavy (non-hydrogen) atoms. The van der Waals surface area contributed by atoms with Gasteiger partial charge in [-0.05, 0) is 38.1 Å². The Morgan fingerprint density at radius 1 is 1.15 bits per heavy atom. The van der Waals surface area contributed by atoms with Crippen molar-refractivity contribution in [2.24, 2.45) is 5.10 Å². The first kappa shape index (κ1) is 18.2. The number of amides is 1. The molecule has 7 nitrogen and oxygen atoms in total. The Kier molecular flexibility index (Phi) is 5.51. The minimum atomic E-state index is -0.414. The van der Waals surface area contributed by atoms with Crippen molar-refractivity contribution in [3.63, 3.8) is 0 Å². The third-order valence-electron chi connectivity index (χ3n) is 3.91. The normalized spacial score (nSPS) is 10.9. The maximum atomic E-state index is 12.5. The summed E-state index contributed by atoms with van der Waals surface area (Å²) in [5.74, 6) is 0.190. The summed E-state index contributed by atoms with van der Waals surface area (Å²) in [6.07, 6.45) is 1.33. The van der Waals surface area contributed by atoms with Crippen LogP contribution in [0, 0.1) is 13.8 Å². The quantitative estimate of drug-likeness (QED) is 0.520. The summed E-state index contributed by atoms with van der Waals surface area (Å²) < 4.78 is 6.81. The number of aryl methyl sites for hydroxylation is 2. The average Bonchev–Trinajstić information content (AvgIpc) is 2.96. The largest absolute Gasteiger partial charge is 0.484 e. The van der Waals surface area contributed by atoms with E-state index in [2.05, 4.69) is 15.6 Å². The van der Waals surface area contributed by atoms with Crippen molar-refractivity contribution in [3.8, 4) is 11.4 Å². The van der Waals surface area contributed by atoms with Gasteiger partial charge in [0, 0.05) is 5.69 Å². The van der Waals surface area contributed by atoms with E-state index >= 15 is 0 Å². The molecule has 7 heteroatoms. The summed E-state index contributed by atoms with van der Waals surface area (Å²) >= 11 is 0. The lowest BCUT2D eigenvalue weighted by Crippen LogP contribution is -2.25. The van der Waals surface area contributed by atoms with E-state index in [0.29, 0.717) is 17.0 Å². The van der Waals surface area contributed by atoms with E-state index in [9.17, 15) is 9.59 Å². The van der Waals surface area contributed by atoms with Gasteiger partial charge in [-0.2, -0.15) is 5.10 Å². The van der Waals surface area contributed by atoms with Gasteiger partial charge in [0.15, 0.2) is 6.61 Å². The molecule has 1 heterocycles. The van der Waals surface area contributed by atoms with E-state index in [4.69, 9.17) is 4.74 Å². The highest BCUT2D eigenvalue weighted by molar-refractivity contribution is 5.83. The zero-order chi connectivity index (χ0) is 19.2. The van der Waals surface area contributed by atoms with Gasteiger partial charge in [-0.15, -0.1) is 0 Å². The average molecular weight is 364 g/mol. The van der Waals surface area contributed by atoms with Gasteiger partial charge in [0.1, 0.15) is 5.75 Å². The zero-order valence-electron chi connectivity index (χ0n) is 15.1. The van der Waals surface area contributed by atoms with Crippen molar-refractivity contribution < 1.29 is 9.53 Å². The molecule has 138 valence electrons. The fourth-order valence-electron chi connectivity index (χ4n) is 2.45. The lowest BCUT2D eigenvalue weighted by molar-refractivity contribution is -0.123.